The molecular formula is C15H31NO2. The minimum Gasteiger partial charge on any atom is -0.393 e. The molecule has 0 saturated carbocycles. The number of ether oxygens (including phenoxy) is 1. The van der Waals surface area contributed by atoms with Gasteiger partial charge in [0.15, 0.2) is 0 Å². The first-order valence-electron chi connectivity index (χ1n) is 7.59. The highest BCUT2D eigenvalue weighted by molar-refractivity contribution is 4.77. The molecule has 108 valence electrons. The van der Waals surface area contributed by atoms with Gasteiger partial charge < -0.3 is 9.84 Å². The van der Waals surface area contributed by atoms with Crippen molar-refractivity contribution in [1.29, 1.82) is 0 Å². The van der Waals surface area contributed by atoms with E-state index in [1.807, 2.05) is 6.92 Å². The van der Waals surface area contributed by atoms with Crippen molar-refractivity contribution >= 4 is 0 Å². The molecule has 0 aromatic rings. The van der Waals surface area contributed by atoms with Gasteiger partial charge in [-0.1, -0.05) is 26.7 Å². The molecule has 1 saturated heterocycles. The number of aliphatic hydroxyl groups excluding tert-OH is 1. The Hall–Kier alpha value is -0.120. The van der Waals surface area contributed by atoms with E-state index in [4.69, 9.17) is 4.74 Å². The molecule has 1 heterocycles. The normalized spacial score (nSPS) is 24.2. The van der Waals surface area contributed by atoms with Crippen molar-refractivity contribution in [3.8, 4) is 0 Å². The molecule has 1 fully saturated rings. The van der Waals surface area contributed by atoms with E-state index in [9.17, 15) is 5.11 Å². The zero-order valence-electron chi connectivity index (χ0n) is 12.4. The predicted molar refractivity (Wildman–Crippen MR) is 75.8 cm³/mol. The van der Waals surface area contributed by atoms with Crippen LogP contribution >= 0.6 is 0 Å². The lowest BCUT2D eigenvalue weighted by molar-refractivity contribution is 0.0586. The van der Waals surface area contributed by atoms with Crippen molar-refractivity contribution in [2.45, 2.75) is 65.0 Å². The molecule has 18 heavy (non-hydrogen) atoms. The van der Waals surface area contributed by atoms with Crippen LogP contribution in [0.15, 0.2) is 0 Å². The van der Waals surface area contributed by atoms with E-state index in [0.29, 0.717) is 12.0 Å². The summed E-state index contributed by atoms with van der Waals surface area (Å²) >= 11 is 0. The molecule has 1 aliphatic heterocycles. The standard InChI is InChI=1S/C15H31NO2/c1-13(2)12-18-10-9-16-8-6-4-5-7-15(16)11-14(3)17/h13-15,17H,4-12H2,1-3H3. The van der Waals surface area contributed by atoms with Crippen LogP contribution in [0.5, 0.6) is 0 Å². The number of rotatable bonds is 7. The number of hydrogen-bond donors (Lipinski definition) is 1. The maximum Gasteiger partial charge on any atom is 0.0593 e. The third-order valence-electron chi connectivity index (χ3n) is 3.59. The van der Waals surface area contributed by atoms with Crippen molar-refractivity contribution in [2.75, 3.05) is 26.3 Å². The van der Waals surface area contributed by atoms with E-state index in [1.165, 1.54) is 32.2 Å². The highest BCUT2D eigenvalue weighted by Crippen LogP contribution is 2.20. The first kappa shape index (κ1) is 15.9. The average Bonchev–Trinajstić information content (AvgIpc) is 2.49. The molecule has 0 aromatic carbocycles. The molecule has 0 aromatic heterocycles. The van der Waals surface area contributed by atoms with Crippen LogP contribution < -0.4 is 0 Å². The Bertz CT molecular complexity index is 207. The van der Waals surface area contributed by atoms with E-state index in [2.05, 4.69) is 18.7 Å². The topological polar surface area (TPSA) is 32.7 Å². The second-order valence-corrected chi connectivity index (χ2v) is 6.09. The van der Waals surface area contributed by atoms with E-state index >= 15 is 0 Å². The third-order valence-corrected chi connectivity index (χ3v) is 3.59. The van der Waals surface area contributed by atoms with Gasteiger partial charge in [-0.2, -0.15) is 0 Å². The van der Waals surface area contributed by atoms with Crippen molar-refractivity contribution in [2.24, 2.45) is 5.92 Å². The van der Waals surface area contributed by atoms with E-state index in [-0.39, 0.29) is 6.10 Å². The Morgan fingerprint density at radius 3 is 2.67 bits per heavy atom. The molecule has 1 rings (SSSR count). The second-order valence-electron chi connectivity index (χ2n) is 6.09. The summed E-state index contributed by atoms with van der Waals surface area (Å²) in [5.41, 5.74) is 0. The number of likely N-dealkylation sites (tertiary alicyclic amines) is 1. The highest BCUT2D eigenvalue weighted by atomic mass is 16.5. The van der Waals surface area contributed by atoms with Gasteiger partial charge in [-0.3, -0.25) is 4.90 Å². The molecule has 3 heteroatoms. The van der Waals surface area contributed by atoms with Gasteiger partial charge in [0.1, 0.15) is 0 Å². The number of hydrogen-bond acceptors (Lipinski definition) is 3. The fraction of sp³-hybridized carbons (Fsp3) is 1.00. The monoisotopic (exact) mass is 257 g/mol. The first-order valence-corrected chi connectivity index (χ1v) is 7.59. The molecule has 1 aliphatic rings. The molecule has 0 bridgehead atoms. The van der Waals surface area contributed by atoms with Crippen LogP contribution in [0, 0.1) is 5.92 Å². The van der Waals surface area contributed by atoms with Gasteiger partial charge in [0.25, 0.3) is 0 Å². The summed E-state index contributed by atoms with van der Waals surface area (Å²) in [6.45, 7) is 10.1. The lowest BCUT2D eigenvalue weighted by Gasteiger charge is -2.30. The van der Waals surface area contributed by atoms with Gasteiger partial charge in [0, 0.05) is 19.2 Å². The molecule has 1 N–H and O–H groups in total. The van der Waals surface area contributed by atoms with Gasteiger partial charge in [0.05, 0.1) is 12.7 Å². The van der Waals surface area contributed by atoms with Gasteiger partial charge in [-0.15, -0.1) is 0 Å². The van der Waals surface area contributed by atoms with Gasteiger partial charge in [-0.25, -0.2) is 0 Å². The average molecular weight is 257 g/mol. The summed E-state index contributed by atoms with van der Waals surface area (Å²) in [6.07, 6.45) is 5.88. The van der Waals surface area contributed by atoms with Crippen LogP contribution in [0.1, 0.15) is 52.9 Å². The Morgan fingerprint density at radius 1 is 1.22 bits per heavy atom. The largest absolute Gasteiger partial charge is 0.393 e. The van der Waals surface area contributed by atoms with Crippen molar-refractivity contribution in [3.63, 3.8) is 0 Å². The molecule has 3 nitrogen and oxygen atoms in total. The van der Waals surface area contributed by atoms with Crippen LogP contribution in [-0.4, -0.2) is 48.5 Å². The van der Waals surface area contributed by atoms with Crippen molar-refractivity contribution in [3.05, 3.63) is 0 Å². The summed E-state index contributed by atoms with van der Waals surface area (Å²) in [4.78, 5) is 2.53. The van der Waals surface area contributed by atoms with E-state index in [0.717, 1.165) is 26.2 Å². The second kappa shape index (κ2) is 8.89. The molecule has 0 radical (unpaired) electrons. The molecule has 0 aliphatic carbocycles. The zero-order chi connectivity index (χ0) is 13.4. The number of nitrogens with zero attached hydrogens (tertiary/aromatic N) is 1. The predicted octanol–water partition coefficient (Wildman–Crippen LogP) is 2.67. The third kappa shape index (κ3) is 6.72. The molecule has 0 amide bonds. The molecular weight excluding hydrogens is 226 g/mol. The van der Waals surface area contributed by atoms with Gasteiger partial charge in [-0.05, 0) is 38.6 Å². The summed E-state index contributed by atoms with van der Waals surface area (Å²) < 4.78 is 5.69. The fourth-order valence-corrected chi connectivity index (χ4v) is 2.69. The Morgan fingerprint density at radius 2 is 2.00 bits per heavy atom. The molecule has 2 unspecified atom stereocenters. The summed E-state index contributed by atoms with van der Waals surface area (Å²) in [6, 6.07) is 0.551. The fourth-order valence-electron chi connectivity index (χ4n) is 2.69. The lowest BCUT2D eigenvalue weighted by atomic mass is 10.0. The smallest absolute Gasteiger partial charge is 0.0593 e. The number of aliphatic hydroxyl groups is 1. The van der Waals surface area contributed by atoms with Crippen LogP contribution in [-0.2, 0) is 4.74 Å². The van der Waals surface area contributed by atoms with Gasteiger partial charge in [0.2, 0.25) is 0 Å². The maximum atomic E-state index is 9.60. The summed E-state index contributed by atoms with van der Waals surface area (Å²) in [7, 11) is 0. The minimum atomic E-state index is -0.188. The van der Waals surface area contributed by atoms with Crippen LogP contribution in [0.25, 0.3) is 0 Å². The van der Waals surface area contributed by atoms with E-state index < -0.39 is 0 Å². The minimum absolute atomic E-state index is 0.188. The quantitative estimate of drug-likeness (QED) is 0.712. The Balaban J connectivity index is 2.32. The lowest BCUT2D eigenvalue weighted by Crippen LogP contribution is -2.39. The highest BCUT2D eigenvalue weighted by Gasteiger charge is 2.21. The van der Waals surface area contributed by atoms with Crippen LogP contribution in [0.4, 0.5) is 0 Å². The SMILES string of the molecule is CC(C)COCCN1CCCCCC1CC(C)O. The Kier molecular flexibility index (Phi) is 7.87. The summed E-state index contributed by atoms with van der Waals surface area (Å²) in [5, 5.41) is 9.60. The maximum absolute atomic E-state index is 9.60. The molecule has 2 atom stereocenters. The zero-order valence-corrected chi connectivity index (χ0v) is 12.4. The van der Waals surface area contributed by atoms with Crippen molar-refractivity contribution in [1.82, 2.24) is 4.90 Å². The van der Waals surface area contributed by atoms with Crippen LogP contribution in [0.2, 0.25) is 0 Å². The van der Waals surface area contributed by atoms with Crippen LogP contribution in [0.3, 0.4) is 0 Å². The Labute approximate surface area is 113 Å². The first-order chi connectivity index (χ1) is 8.59. The van der Waals surface area contributed by atoms with E-state index in [1.54, 1.807) is 0 Å². The van der Waals surface area contributed by atoms with Gasteiger partial charge >= 0.3 is 0 Å². The van der Waals surface area contributed by atoms with Crippen molar-refractivity contribution < 1.29 is 9.84 Å². The summed E-state index contributed by atoms with van der Waals surface area (Å²) in [5.74, 6) is 0.613. The molecule has 0 spiro atoms.